The lowest BCUT2D eigenvalue weighted by Crippen LogP contribution is -2.27. The number of unbranched alkanes of at least 4 members (excludes halogenated alkanes) is 1. The van der Waals surface area contributed by atoms with Gasteiger partial charge in [0.15, 0.2) is 5.78 Å². The van der Waals surface area contributed by atoms with Crippen LogP contribution in [-0.4, -0.2) is 36.3 Å². The van der Waals surface area contributed by atoms with Gasteiger partial charge in [0.2, 0.25) is 0 Å². The maximum Gasteiger partial charge on any atom is 0.419 e. The molecule has 1 aliphatic rings. The number of alkyl halides is 1. The zero-order valence-corrected chi connectivity index (χ0v) is 16.0. The lowest BCUT2D eigenvalue weighted by Gasteiger charge is -2.14. The minimum absolute atomic E-state index is 0.00337. The van der Waals surface area contributed by atoms with Gasteiger partial charge < -0.3 is 10.1 Å². The number of aryl methyl sites for hydroxylation is 1. The maximum atomic E-state index is 12.9. The van der Waals surface area contributed by atoms with Crippen molar-refractivity contribution >= 4 is 28.9 Å². The summed E-state index contributed by atoms with van der Waals surface area (Å²) in [5.74, 6) is -0.538. The van der Waals surface area contributed by atoms with Crippen LogP contribution < -0.4 is 5.32 Å². The van der Waals surface area contributed by atoms with Crippen molar-refractivity contribution in [2.45, 2.75) is 32.6 Å². The second-order valence-corrected chi connectivity index (χ2v) is 6.76. The van der Waals surface area contributed by atoms with Gasteiger partial charge in [0.25, 0.3) is 0 Å². The Balaban J connectivity index is 1.79. The quantitative estimate of drug-likeness (QED) is 0.733. The highest BCUT2D eigenvalue weighted by atomic mass is 19.1. The number of allylic oxidation sites excluding steroid dienone is 2. The lowest BCUT2D eigenvalue weighted by atomic mass is 10.0. The van der Waals surface area contributed by atoms with Crippen LogP contribution in [0.1, 0.15) is 37.4 Å². The van der Waals surface area contributed by atoms with E-state index in [2.05, 4.69) is 11.4 Å². The number of aromatic nitrogens is 1. The first-order valence-corrected chi connectivity index (χ1v) is 9.62. The third kappa shape index (κ3) is 4.32. The van der Waals surface area contributed by atoms with Crippen LogP contribution in [0, 0.1) is 0 Å². The molecule has 1 aromatic heterocycles. The number of para-hydroxylation sites is 1. The Morgan fingerprint density at radius 2 is 2.14 bits per heavy atom. The van der Waals surface area contributed by atoms with Crippen LogP contribution in [0.25, 0.3) is 17.0 Å². The van der Waals surface area contributed by atoms with Crippen molar-refractivity contribution in [1.29, 1.82) is 0 Å². The molecule has 0 atom stereocenters. The summed E-state index contributed by atoms with van der Waals surface area (Å²) >= 11 is 0. The molecule has 1 N–H and O–H groups in total. The molecule has 0 spiro atoms. The van der Waals surface area contributed by atoms with Gasteiger partial charge in [0.1, 0.15) is 13.3 Å². The first kappa shape index (κ1) is 19.9. The Bertz CT molecular complexity index is 927. The molecule has 0 amide bonds. The fourth-order valence-corrected chi connectivity index (χ4v) is 3.35. The Morgan fingerprint density at radius 1 is 1.32 bits per heavy atom. The number of hydrogen-bond acceptors (Lipinski definition) is 4. The minimum atomic E-state index is -1.01. The Kier molecular flexibility index (Phi) is 6.63. The second-order valence-electron chi connectivity index (χ2n) is 6.76. The number of benzene rings is 1. The molecule has 1 aromatic carbocycles. The van der Waals surface area contributed by atoms with E-state index in [0.717, 1.165) is 47.8 Å². The van der Waals surface area contributed by atoms with Crippen molar-refractivity contribution in [3.8, 4) is 0 Å². The molecule has 2 aromatic rings. The van der Waals surface area contributed by atoms with Crippen molar-refractivity contribution in [3.63, 3.8) is 0 Å². The van der Waals surface area contributed by atoms with Crippen LogP contribution >= 0.6 is 0 Å². The number of halogens is 1. The van der Waals surface area contributed by atoms with Gasteiger partial charge in [-0.15, -0.1) is 0 Å². The molecular formula is C22H25FN2O3. The summed E-state index contributed by atoms with van der Waals surface area (Å²) < 4.78 is 19.5. The normalized spacial score (nSPS) is 13.4. The number of fused-ring (bicyclic) bond motifs is 3. The average molecular weight is 384 g/mol. The number of nitrogens with one attached hydrogen (secondary N) is 1. The largest absolute Gasteiger partial charge is 0.443 e. The molecule has 3 rings (SSSR count). The van der Waals surface area contributed by atoms with Gasteiger partial charge in [-0.2, -0.15) is 0 Å². The molecule has 1 heterocycles. The van der Waals surface area contributed by atoms with Gasteiger partial charge in [0.05, 0.1) is 17.8 Å². The SMILES string of the molecule is CCC/C=C(\COC(=O)n1c2c(c3ccccc31)CCC=C2)NCC(=O)CF. The Morgan fingerprint density at radius 3 is 2.93 bits per heavy atom. The van der Waals surface area contributed by atoms with Crippen molar-refractivity contribution in [2.75, 3.05) is 19.8 Å². The van der Waals surface area contributed by atoms with Crippen LogP contribution in [-0.2, 0) is 16.0 Å². The highest BCUT2D eigenvalue weighted by molar-refractivity contribution is 5.96. The predicted octanol–water partition coefficient (Wildman–Crippen LogP) is 4.40. The van der Waals surface area contributed by atoms with E-state index in [1.54, 1.807) is 4.57 Å². The number of hydrogen-bond donors (Lipinski definition) is 1. The molecule has 28 heavy (non-hydrogen) atoms. The summed E-state index contributed by atoms with van der Waals surface area (Å²) in [4.78, 5) is 24.1. The fourth-order valence-electron chi connectivity index (χ4n) is 3.35. The van der Waals surface area contributed by atoms with E-state index in [1.807, 2.05) is 43.3 Å². The standard InChI is InChI=1S/C22H25FN2O3/c1-2-3-8-16(24-14-17(26)13-23)15-28-22(27)25-20-11-6-4-9-18(20)19-10-5-7-12-21(19)25/h4,6-9,11-12,24H,2-3,5,10,13-15H2,1H3/b16-8+. The van der Waals surface area contributed by atoms with Gasteiger partial charge in [0, 0.05) is 11.1 Å². The van der Waals surface area contributed by atoms with Crippen molar-refractivity contribution < 1.29 is 18.7 Å². The Labute approximate surface area is 163 Å². The van der Waals surface area contributed by atoms with Crippen LogP contribution in [0.5, 0.6) is 0 Å². The van der Waals surface area contributed by atoms with Crippen LogP contribution in [0.3, 0.4) is 0 Å². The number of Topliss-reactive ketones (excluding diaryl/α,β-unsaturated/α-hetero) is 1. The Hall–Kier alpha value is -2.89. The van der Waals surface area contributed by atoms with Crippen molar-refractivity contribution in [2.24, 2.45) is 0 Å². The van der Waals surface area contributed by atoms with E-state index < -0.39 is 18.6 Å². The number of carbonyl (C=O) groups is 2. The molecule has 0 saturated heterocycles. The molecule has 5 nitrogen and oxygen atoms in total. The number of ether oxygens (including phenoxy) is 1. The second kappa shape index (κ2) is 9.35. The smallest absolute Gasteiger partial charge is 0.419 e. The molecule has 148 valence electrons. The third-order valence-electron chi connectivity index (χ3n) is 4.73. The van der Waals surface area contributed by atoms with Crippen LogP contribution in [0.2, 0.25) is 0 Å². The van der Waals surface area contributed by atoms with Crippen LogP contribution in [0.15, 0.2) is 42.1 Å². The summed E-state index contributed by atoms with van der Waals surface area (Å²) in [5, 5.41) is 3.94. The van der Waals surface area contributed by atoms with Gasteiger partial charge in [-0.05, 0) is 37.0 Å². The van der Waals surface area contributed by atoms with Gasteiger partial charge >= 0.3 is 6.09 Å². The van der Waals surface area contributed by atoms with E-state index in [0.29, 0.717) is 5.70 Å². The number of ketones is 1. The van der Waals surface area contributed by atoms with Gasteiger partial charge in [-0.3, -0.25) is 4.79 Å². The van der Waals surface area contributed by atoms with E-state index in [4.69, 9.17) is 4.74 Å². The van der Waals surface area contributed by atoms with Gasteiger partial charge in [-0.1, -0.05) is 43.7 Å². The summed E-state index contributed by atoms with van der Waals surface area (Å²) in [6.45, 7) is 0.899. The zero-order valence-electron chi connectivity index (χ0n) is 16.0. The molecule has 0 fully saturated rings. The summed E-state index contributed by atoms with van der Waals surface area (Å²) in [7, 11) is 0. The topological polar surface area (TPSA) is 60.3 Å². The van der Waals surface area contributed by atoms with E-state index in [9.17, 15) is 14.0 Å². The molecule has 0 unspecified atom stereocenters. The van der Waals surface area contributed by atoms with Crippen molar-refractivity contribution in [3.05, 3.63) is 53.4 Å². The van der Waals surface area contributed by atoms with Gasteiger partial charge in [-0.25, -0.2) is 13.8 Å². The fraction of sp³-hybridized carbons (Fsp3) is 0.364. The molecule has 0 aliphatic heterocycles. The first-order valence-electron chi connectivity index (χ1n) is 9.62. The van der Waals surface area contributed by atoms with Crippen LogP contribution in [0.4, 0.5) is 9.18 Å². The van der Waals surface area contributed by atoms with Crippen molar-refractivity contribution in [1.82, 2.24) is 9.88 Å². The molecule has 6 heteroatoms. The van der Waals surface area contributed by atoms with E-state index in [1.165, 1.54) is 0 Å². The molecule has 0 saturated carbocycles. The zero-order chi connectivity index (χ0) is 19.9. The maximum absolute atomic E-state index is 12.9. The summed E-state index contributed by atoms with van der Waals surface area (Å²) in [6, 6.07) is 7.80. The number of nitrogens with zero attached hydrogens (tertiary/aromatic N) is 1. The monoisotopic (exact) mass is 384 g/mol. The molecule has 0 bridgehead atoms. The molecule has 1 aliphatic carbocycles. The van der Waals surface area contributed by atoms with E-state index in [-0.39, 0.29) is 13.2 Å². The van der Waals surface area contributed by atoms with E-state index >= 15 is 0 Å². The molecular weight excluding hydrogens is 359 g/mol. The average Bonchev–Trinajstić information content (AvgIpc) is 3.07. The summed E-state index contributed by atoms with van der Waals surface area (Å²) in [5.41, 5.74) is 3.45. The number of carbonyl (C=O) groups excluding carboxylic acids is 2. The highest BCUT2D eigenvalue weighted by Gasteiger charge is 2.22. The number of rotatable bonds is 8. The third-order valence-corrected chi connectivity index (χ3v) is 4.73. The summed E-state index contributed by atoms with van der Waals surface area (Å²) in [6.07, 6.45) is 8.96. The first-order chi connectivity index (χ1) is 13.7. The lowest BCUT2D eigenvalue weighted by molar-refractivity contribution is -0.118. The highest BCUT2D eigenvalue weighted by Crippen LogP contribution is 2.31. The molecule has 0 radical (unpaired) electrons. The predicted molar refractivity (Wildman–Crippen MR) is 108 cm³/mol. The minimum Gasteiger partial charge on any atom is -0.443 e.